The Morgan fingerprint density at radius 3 is 2.72 bits per heavy atom. The highest BCUT2D eigenvalue weighted by atomic mass is 16.5. The summed E-state index contributed by atoms with van der Waals surface area (Å²) in [6.45, 7) is 2.12. The van der Waals surface area contributed by atoms with E-state index >= 15 is 0 Å². The molecular weight excluding hydrogens is 232 g/mol. The van der Waals surface area contributed by atoms with Crippen LogP contribution in [0, 0.1) is 11.8 Å². The van der Waals surface area contributed by atoms with Gasteiger partial charge in [0.15, 0.2) is 5.69 Å². The van der Waals surface area contributed by atoms with Gasteiger partial charge in [-0.05, 0) is 44.4 Å². The van der Waals surface area contributed by atoms with Crippen LogP contribution in [0.25, 0.3) is 0 Å². The Morgan fingerprint density at radius 1 is 1.50 bits per heavy atom. The fourth-order valence-corrected chi connectivity index (χ4v) is 2.31. The van der Waals surface area contributed by atoms with Gasteiger partial charge in [0.25, 0.3) is 6.01 Å². The topological polar surface area (TPSA) is 64.4 Å². The zero-order valence-corrected chi connectivity index (χ0v) is 10.5. The van der Waals surface area contributed by atoms with Crippen molar-refractivity contribution in [1.29, 1.82) is 0 Å². The number of hydrogen-bond acceptors (Lipinski definition) is 5. The summed E-state index contributed by atoms with van der Waals surface area (Å²) >= 11 is 0. The number of anilines is 1. The molecule has 0 spiro atoms. The van der Waals surface area contributed by atoms with Gasteiger partial charge in [0.05, 0.1) is 6.61 Å². The minimum Gasteiger partial charge on any atom is -0.461 e. The maximum Gasteiger partial charge on any atom is 0.360 e. The van der Waals surface area contributed by atoms with Crippen LogP contribution in [0.4, 0.5) is 6.01 Å². The molecular formula is C13H18N2O3. The number of esters is 1. The number of rotatable bonds is 6. The van der Waals surface area contributed by atoms with Gasteiger partial charge in [-0.25, -0.2) is 4.79 Å². The first kappa shape index (κ1) is 11.6. The Hall–Kier alpha value is -1.52. The standard InChI is InChI=1S/C13H18N2O3/c1-2-17-12(16)10-7-18-13(14-10)15-11(8-3-4-8)9-5-6-9/h7-9,11H,2-6H2,1H3,(H,14,15). The largest absolute Gasteiger partial charge is 0.461 e. The number of nitrogens with one attached hydrogen (secondary N) is 1. The van der Waals surface area contributed by atoms with Gasteiger partial charge >= 0.3 is 5.97 Å². The van der Waals surface area contributed by atoms with Gasteiger partial charge in [0, 0.05) is 6.04 Å². The average molecular weight is 250 g/mol. The zero-order valence-electron chi connectivity index (χ0n) is 10.5. The van der Waals surface area contributed by atoms with E-state index in [1.54, 1.807) is 6.92 Å². The third kappa shape index (κ3) is 2.49. The van der Waals surface area contributed by atoms with Gasteiger partial charge in [-0.2, -0.15) is 4.98 Å². The van der Waals surface area contributed by atoms with E-state index in [0.29, 0.717) is 18.7 Å². The highest BCUT2D eigenvalue weighted by Crippen LogP contribution is 2.45. The molecule has 0 aliphatic heterocycles. The number of aromatic nitrogens is 1. The van der Waals surface area contributed by atoms with Crippen molar-refractivity contribution in [2.45, 2.75) is 38.6 Å². The number of carbonyl (C=O) groups is 1. The molecule has 98 valence electrons. The van der Waals surface area contributed by atoms with Crippen LogP contribution < -0.4 is 5.32 Å². The number of nitrogens with zero attached hydrogens (tertiary/aromatic N) is 1. The summed E-state index contributed by atoms with van der Waals surface area (Å²) in [5, 5.41) is 3.33. The van der Waals surface area contributed by atoms with Crippen LogP contribution >= 0.6 is 0 Å². The van der Waals surface area contributed by atoms with E-state index in [-0.39, 0.29) is 5.69 Å². The van der Waals surface area contributed by atoms with Crippen molar-refractivity contribution in [3.63, 3.8) is 0 Å². The molecule has 2 fully saturated rings. The smallest absolute Gasteiger partial charge is 0.360 e. The fourth-order valence-electron chi connectivity index (χ4n) is 2.31. The summed E-state index contributed by atoms with van der Waals surface area (Å²) in [4.78, 5) is 15.6. The van der Waals surface area contributed by atoms with Crippen molar-refractivity contribution in [3.05, 3.63) is 12.0 Å². The first-order chi connectivity index (χ1) is 8.78. The lowest BCUT2D eigenvalue weighted by atomic mass is 10.1. The van der Waals surface area contributed by atoms with E-state index in [9.17, 15) is 4.79 Å². The first-order valence-corrected chi connectivity index (χ1v) is 6.67. The summed E-state index contributed by atoms with van der Waals surface area (Å²) in [5.41, 5.74) is 0.240. The number of oxazole rings is 1. The van der Waals surface area contributed by atoms with Crippen molar-refractivity contribution in [2.75, 3.05) is 11.9 Å². The van der Waals surface area contributed by atoms with E-state index in [0.717, 1.165) is 11.8 Å². The molecule has 1 aromatic heterocycles. The zero-order chi connectivity index (χ0) is 12.5. The van der Waals surface area contributed by atoms with E-state index in [2.05, 4.69) is 10.3 Å². The summed E-state index contributed by atoms with van der Waals surface area (Å²) in [7, 11) is 0. The predicted octanol–water partition coefficient (Wildman–Crippen LogP) is 2.45. The summed E-state index contributed by atoms with van der Waals surface area (Å²) in [6, 6.07) is 0.917. The van der Waals surface area contributed by atoms with Crippen LogP contribution in [-0.2, 0) is 4.74 Å². The van der Waals surface area contributed by atoms with Crippen LogP contribution in [0.1, 0.15) is 43.1 Å². The molecule has 0 atom stereocenters. The Labute approximate surface area is 106 Å². The van der Waals surface area contributed by atoms with Crippen LogP contribution in [-0.4, -0.2) is 23.6 Å². The lowest BCUT2D eigenvalue weighted by Crippen LogP contribution is -2.24. The van der Waals surface area contributed by atoms with Crippen LogP contribution in [0.5, 0.6) is 0 Å². The van der Waals surface area contributed by atoms with Crippen LogP contribution in [0.3, 0.4) is 0 Å². The fraction of sp³-hybridized carbons (Fsp3) is 0.692. The van der Waals surface area contributed by atoms with E-state index in [4.69, 9.17) is 9.15 Å². The van der Waals surface area contributed by atoms with Gasteiger partial charge in [-0.15, -0.1) is 0 Å². The number of ether oxygens (including phenoxy) is 1. The molecule has 2 saturated carbocycles. The molecule has 2 aliphatic rings. The second-order valence-corrected chi connectivity index (χ2v) is 5.10. The highest BCUT2D eigenvalue weighted by molar-refractivity contribution is 5.87. The molecule has 1 heterocycles. The van der Waals surface area contributed by atoms with Crippen molar-refractivity contribution >= 4 is 12.0 Å². The maximum absolute atomic E-state index is 11.5. The minimum absolute atomic E-state index is 0.240. The third-order valence-electron chi connectivity index (χ3n) is 3.54. The van der Waals surface area contributed by atoms with Gasteiger partial charge in [-0.3, -0.25) is 0 Å². The molecule has 1 aromatic rings. The van der Waals surface area contributed by atoms with Crippen molar-refractivity contribution in [2.24, 2.45) is 11.8 Å². The van der Waals surface area contributed by atoms with Crippen LogP contribution in [0.2, 0.25) is 0 Å². The van der Waals surface area contributed by atoms with E-state index < -0.39 is 5.97 Å². The average Bonchev–Trinajstić information content (AvgIpc) is 3.26. The van der Waals surface area contributed by atoms with Gasteiger partial charge < -0.3 is 14.5 Å². The van der Waals surface area contributed by atoms with Crippen molar-refractivity contribution in [1.82, 2.24) is 4.98 Å². The molecule has 1 N–H and O–H groups in total. The van der Waals surface area contributed by atoms with Gasteiger partial charge in [0.2, 0.25) is 0 Å². The molecule has 5 heteroatoms. The lowest BCUT2D eigenvalue weighted by molar-refractivity contribution is 0.0519. The highest BCUT2D eigenvalue weighted by Gasteiger charge is 2.42. The lowest BCUT2D eigenvalue weighted by Gasteiger charge is -2.15. The van der Waals surface area contributed by atoms with Crippen LogP contribution in [0.15, 0.2) is 10.7 Å². The molecule has 0 unspecified atom stereocenters. The minimum atomic E-state index is -0.427. The predicted molar refractivity (Wildman–Crippen MR) is 65.3 cm³/mol. The molecule has 0 saturated heterocycles. The van der Waals surface area contributed by atoms with Crippen molar-refractivity contribution < 1.29 is 13.9 Å². The van der Waals surface area contributed by atoms with Gasteiger partial charge in [0.1, 0.15) is 6.26 Å². The molecule has 5 nitrogen and oxygen atoms in total. The van der Waals surface area contributed by atoms with E-state index in [1.165, 1.54) is 31.9 Å². The summed E-state index contributed by atoms with van der Waals surface area (Å²) in [6.07, 6.45) is 6.52. The normalized spacial score (nSPS) is 19.0. The molecule has 0 radical (unpaired) electrons. The second-order valence-electron chi connectivity index (χ2n) is 5.10. The SMILES string of the molecule is CCOC(=O)c1coc(NC(C2CC2)C2CC2)n1. The molecule has 3 rings (SSSR count). The van der Waals surface area contributed by atoms with E-state index in [1.807, 2.05) is 0 Å². The molecule has 0 bridgehead atoms. The molecule has 0 aromatic carbocycles. The summed E-state index contributed by atoms with van der Waals surface area (Å²) in [5.74, 6) is 1.09. The first-order valence-electron chi connectivity index (χ1n) is 6.67. The summed E-state index contributed by atoms with van der Waals surface area (Å²) < 4.78 is 10.2. The maximum atomic E-state index is 11.5. The second kappa shape index (κ2) is 4.63. The van der Waals surface area contributed by atoms with Crippen molar-refractivity contribution in [3.8, 4) is 0 Å². The Bertz CT molecular complexity index is 423. The Balaban J connectivity index is 1.63. The molecule has 18 heavy (non-hydrogen) atoms. The Kier molecular flexibility index (Phi) is 2.97. The number of hydrogen-bond donors (Lipinski definition) is 1. The Morgan fingerprint density at radius 2 is 2.17 bits per heavy atom. The quantitative estimate of drug-likeness (QED) is 0.786. The number of carbonyl (C=O) groups excluding carboxylic acids is 1. The third-order valence-corrected chi connectivity index (χ3v) is 3.54. The molecule has 0 amide bonds. The molecule has 2 aliphatic carbocycles. The monoisotopic (exact) mass is 250 g/mol. The van der Waals surface area contributed by atoms with Gasteiger partial charge in [-0.1, -0.05) is 0 Å².